The van der Waals surface area contributed by atoms with Gasteiger partial charge in [0.1, 0.15) is 11.4 Å². The Hall–Kier alpha value is -3.76. The monoisotopic (exact) mass is 497 g/mol. The van der Waals surface area contributed by atoms with Crippen LogP contribution in [0.3, 0.4) is 0 Å². The van der Waals surface area contributed by atoms with Gasteiger partial charge in [-0.3, -0.25) is 14.3 Å². The second-order valence-corrected chi connectivity index (χ2v) is 8.79. The minimum Gasteiger partial charge on any atom is -0.483 e. The predicted octanol–water partition coefficient (Wildman–Crippen LogP) is 2.37. The van der Waals surface area contributed by atoms with E-state index in [-0.39, 0.29) is 19.0 Å². The molecule has 2 aromatic heterocycles. The van der Waals surface area contributed by atoms with Crippen molar-refractivity contribution in [3.63, 3.8) is 0 Å². The molecule has 1 saturated heterocycles. The maximum absolute atomic E-state index is 11.6. The molecule has 10 nitrogen and oxygen atoms in total. The lowest BCUT2D eigenvalue weighted by Gasteiger charge is -2.48. The lowest BCUT2D eigenvalue weighted by Crippen LogP contribution is -2.59. The van der Waals surface area contributed by atoms with Crippen molar-refractivity contribution in [1.29, 1.82) is 0 Å². The molecule has 1 fully saturated rings. The molecule has 0 amide bonds. The maximum atomic E-state index is 11.6. The summed E-state index contributed by atoms with van der Waals surface area (Å²) in [6, 6.07) is 16.3. The van der Waals surface area contributed by atoms with E-state index in [1.165, 1.54) is 0 Å². The predicted molar refractivity (Wildman–Crippen MR) is 137 cm³/mol. The molecule has 10 heteroatoms. The van der Waals surface area contributed by atoms with Gasteiger partial charge in [0.15, 0.2) is 0 Å². The second-order valence-electron chi connectivity index (χ2n) is 8.79. The van der Waals surface area contributed by atoms with Gasteiger partial charge < -0.3 is 25.1 Å². The zero-order valence-electron chi connectivity index (χ0n) is 21.2. The van der Waals surface area contributed by atoms with E-state index >= 15 is 0 Å². The maximum Gasteiger partial charge on any atom is 0.290 e. The number of hydrogen-bond acceptors (Lipinski definition) is 7. The third-order valence-electron chi connectivity index (χ3n) is 6.17. The number of likely N-dealkylation sites (N-methyl/N-ethyl adjacent to an activating group) is 1. The fourth-order valence-corrected chi connectivity index (χ4v) is 4.49. The van der Waals surface area contributed by atoms with Gasteiger partial charge in [0.2, 0.25) is 0 Å². The number of aliphatic hydroxyl groups is 1. The zero-order valence-corrected chi connectivity index (χ0v) is 21.2. The van der Waals surface area contributed by atoms with Crippen LogP contribution >= 0.6 is 0 Å². The summed E-state index contributed by atoms with van der Waals surface area (Å²) in [5.41, 5.74) is 3.44. The van der Waals surface area contributed by atoms with E-state index in [0.29, 0.717) is 6.42 Å². The van der Waals surface area contributed by atoms with Crippen molar-refractivity contribution in [2.24, 2.45) is 0 Å². The fourth-order valence-electron chi connectivity index (χ4n) is 4.49. The SMILES string of the molecule is Cc1cc(C)n(Cc2ccc(N3CC[C@](O)(c4ccccc4)[C@H](N(C)C)C3)nc2)n1.O=CO.O=CO. The van der Waals surface area contributed by atoms with Crippen molar-refractivity contribution in [2.75, 3.05) is 32.1 Å². The Morgan fingerprint density at radius 1 is 1.08 bits per heavy atom. The fraction of sp³-hybridized carbons (Fsp3) is 0.385. The van der Waals surface area contributed by atoms with E-state index in [2.05, 4.69) is 40.0 Å². The van der Waals surface area contributed by atoms with E-state index in [0.717, 1.165) is 48.0 Å². The number of aromatic nitrogens is 3. The molecule has 3 heterocycles. The first-order chi connectivity index (χ1) is 17.2. The van der Waals surface area contributed by atoms with Crippen molar-refractivity contribution in [3.05, 3.63) is 77.2 Å². The highest BCUT2D eigenvalue weighted by Crippen LogP contribution is 2.36. The summed E-state index contributed by atoms with van der Waals surface area (Å²) in [6.45, 7) is 5.80. The molecule has 1 aromatic carbocycles. The minimum atomic E-state index is -0.864. The number of anilines is 1. The molecule has 36 heavy (non-hydrogen) atoms. The average molecular weight is 498 g/mol. The van der Waals surface area contributed by atoms with E-state index in [4.69, 9.17) is 24.8 Å². The first-order valence-electron chi connectivity index (χ1n) is 11.5. The molecule has 3 N–H and O–H groups in total. The lowest BCUT2D eigenvalue weighted by molar-refractivity contribution is -0.123. The Labute approximate surface area is 211 Å². The van der Waals surface area contributed by atoms with Gasteiger partial charge in [-0.05, 0) is 57.6 Å². The lowest BCUT2D eigenvalue weighted by atomic mass is 9.80. The Morgan fingerprint density at radius 3 is 2.22 bits per heavy atom. The number of pyridine rings is 1. The number of carboxylic acid groups (broad SMARTS) is 2. The smallest absolute Gasteiger partial charge is 0.290 e. The van der Waals surface area contributed by atoms with Gasteiger partial charge in [0.25, 0.3) is 12.9 Å². The molecule has 0 aliphatic carbocycles. The molecule has 3 aromatic rings. The normalized spacial score (nSPS) is 18.9. The van der Waals surface area contributed by atoms with Crippen LogP contribution in [0.2, 0.25) is 0 Å². The standard InChI is InChI=1S/C24H31N5O.2CH2O2/c1-18-14-19(2)29(26-18)16-20-10-11-23(25-15-20)28-13-12-24(30,22(17-28)27(3)4)21-8-6-5-7-9-21;2*2-1-3/h5-11,14-15,22,30H,12-13,16-17H2,1-4H3;2*1H,(H,2,3)/t22-,24+;;/m1../s1. The summed E-state index contributed by atoms with van der Waals surface area (Å²) in [6.07, 6.45) is 2.60. The number of hydrogen-bond donors (Lipinski definition) is 3. The third-order valence-corrected chi connectivity index (χ3v) is 6.17. The van der Waals surface area contributed by atoms with Crippen molar-refractivity contribution < 1.29 is 24.9 Å². The van der Waals surface area contributed by atoms with Crippen molar-refractivity contribution in [3.8, 4) is 0 Å². The molecule has 2 atom stereocenters. The number of rotatable bonds is 5. The highest BCUT2D eigenvalue weighted by molar-refractivity contribution is 5.42. The summed E-state index contributed by atoms with van der Waals surface area (Å²) in [4.78, 5) is 25.9. The van der Waals surface area contributed by atoms with Crippen LogP contribution in [0.5, 0.6) is 0 Å². The van der Waals surface area contributed by atoms with Crippen LogP contribution in [0, 0.1) is 13.8 Å². The average Bonchev–Trinajstić information content (AvgIpc) is 3.17. The van der Waals surface area contributed by atoms with Crippen LogP contribution < -0.4 is 4.90 Å². The Morgan fingerprint density at radius 2 is 1.72 bits per heavy atom. The molecule has 0 bridgehead atoms. The van der Waals surface area contributed by atoms with Gasteiger partial charge in [-0.15, -0.1) is 0 Å². The molecule has 4 rings (SSSR count). The van der Waals surface area contributed by atoms with Gasteiger partial charge in [-0.1, -0.05) is 36.4 Å². The van der Waals surface area contributed by atoms with Gasteiger partial charge in [-0.25, -0.2) is 4.98 Å². The van der Waals surface area contributed by atoms with Gasteiger partial charge in [0, 0.05) is 25.0 Å². The van der Waals surface area contributed by atoms with Crippen molar-refractivity contribution >= 4 is 18.8 Å². The quantitative estimate of drug-likeness (QED) is 0.455. The molecular formula is C26H35N5O5. The number of nitrogens with zero attached hydrogens (tertiary/aromatic N) is 5. The van der Waals surface area contributed by atoms with Gasteiger partial charge in [-0.2, -0.15) is 5.10 Å². The third kappa shape index (κ3) is 7.12. The highest BCUT2D eigenvalue weighted by Gasteiger charge is 2.44. The Bertz CT molecular complexity index is 1080. The second kappa shape index (κ2) is 13.4. The number of piperidine rings is 1. The van der Waals surface area contributed by atoms with Crippen molar-refractivity contribution in [1.82, 2.24) is 19.7 Å². The van der Waals surface area contributed by atoms with E-state index < -0.39 is 5.60 Å². The molecule has 1 aliphatic rings. The van der Waals surface area contributed by atoms with Gasteiger partial charge in [0.05, 0.1) is 18.3 Å². The van der Waals surface area contributed by atoms with Crippen LogP contribution in [0.4, 0.5) is 5.82 Å². The van der Waals surface area contributed by atoms with Crippen LogP contribution in [-0.2, 0) is 21.7 Å². The van der Waals surface area contributed by atoms with Crippen LogP contribution in [0.25, 0.3) is 0 Å². The summed E-state index contributed by atoms with van der Waals surface area (Å²) in [7, 11) is 4.07. The molecule has 0 radical (unpaired) electrons. The largest absolute Gasteiger partial charge is 0.483 e. The van der Waals surface area contributed by atoms with Crippen molar-refractivity contribution in [2.45, 2.75) is 38.5 Å². The Balaban J connectivity index is 0.000000693. The number of benzene rings is 1. The number of carbonyl (C=O) groups is 2. The van der Waals surface area contributed by atoms with Gasteiger partial charge >= 0.3 is 0 Å². The van der Waals surface area contributed by atoms with Crippen LogP contribution in [-0.4, -0.2) is 81.2 Å². The topological polar surface area (TPSA) is 132 Å². The van der Waals surface area contributed by atoms with Crippen LogP contribution in [0.1, 0.15) is 28.9 Å². The highest BCUT2D eigenvalue weighted by atomic mass is 16.3. The summed E-state index contributed by atoms with van der Waals surface area (Å²) < 4.78 is 2.01. The molecule has 194 valence electrons. The molecule has 0 spiro atoms. The summed E-state index contributed by atoms with van der Waals surface area (Å²) in [5.74, 6) is 0.953. The summed E-state index contributed by atoms with van der Waals surface area (Å²) >= 11 is 0. The zero-order chi connectivity index (χ0) is 26.7. The summed E-state index contributed by atoms with van der Waals surface area (Å²) in [5, 5.41) is 29.9. The molecular weight excluding hydrogens is 462 g/mol. The molecule has 0 saturated carbocycles. The van der Waals surface area contributed by atoms with E-state index in [1.807, 2.05) is 62.2 Å². The first kappa shape index (κ1) is 28.5. The number of aryl methyl sites for hydroxylation is 2. The first-order valence-corrected chi connectivity index (χ1v) is 11.5. The molecule has 1 aliphatic heterocycles. The minimum absolute atomic E-state index is 0.0233. The molecule has 0 unspecified atom stereocenters. The van der Waals surface area contributed by atoms with E-state index in [9.17, 15) is 5.11 Å². The Kier molecular flexibility index (Phi) is 10.6. The van der Waals surface area contributed by atoms with Crippen LogP contribution in [0.15, 0.2) is 54.7 Å². The van der Waals surface area contributed by atoms with E-state index in [1.54, 1.807) is 0 Å².